The minimum Gasteiger partial charge on any atom is -0.488 e. The molecule has 0 unspecified atom stereocenters. The molecule has 0 amide bonds. The molecular formula is C24H32F3N3O2. The zero-order valence-corrected chi connectivity index (χ0v) is 18.8. The van der Waals surface area contributed by atoms with Crippen molar-refractivity contribution in [3.05, 3.63) is 36.0 Å². The second-order valence-corrected chi connectivity index (χ2v) is 8.20. The fourth-order valence-electron chi connectivity index (χ4n) is 3.89. The molecule has 1 saturated carbocycles. The number of hydrogen-bond acceptors (Lipinski definition) is 5. The first kappa shape index (κ1) is 24.1. The molecule has 0 saturated heterocycles. The van der Waals surface area contributed by atoms with Gasteiger partial charge in [-0.2, -0.15) is 18.2 Å². The van der Waals surface area contributed by atoms with E-state index in [2.05, 4.69) is 16.9 Å². The summed E-state index contributed by atoms with van der Waals surface area (Å²) >= 11 is 0. The maximum atomic E-state index is 13.7. The summed E-state index contributed by atoms with van der Waals surface area (Å²) in [6, 6.07) is 7.08. The Balaban J connectivity index is 1.85. The van der Waals surface area contributed by atoms with Gasteiger partial charge in [0, 0.05) is 13.2 Å². The van der Waals surface area contributed by atoms with Crippen molar-refractivity contribution < 1.29 is 22.6 Å². The van der Waals surface area contributed by atoms with E-state index < -0.39 is 11.7 Å². The van der Waals surface area contributed by atoms with Crippen LogP contribution in [0.15, 0.2) is 30.5 Å². The number of para-hydroxylation sites is 2. The second-order valence-electron chi connectivity index (χ2n) is 8.20. The van der Waals surface area contributed by atoms with Gasteiger partial charge < -0.3 is 14.4 Å². The van der Waals surface area contributed by atoms with Crippen LogP contribution in [0.4, 0.5) is 24.7 Å². The highest BCUT2D eigenvalue weighted by atomic mass is 19.4. The third-order valence-corrected chi connectivity index (χ3v) is 5.67. The van der Waals surface area contributed by atoms with Crippen molar-refractivity contribution in [1.29, 1.82) is 0 Å². The first-order valence-corrected chi connectivity index (χ1v) is 11.5. The van der Waals surface area contributed by atoms with Crippen molar-refractivity contribution in [3.8, 4) is 11.8 Å². The van der Waals surface area contributed by atoms with Gasteiger partial charge in [-0.25, -0.2) is 4.98 Å². The van der Waals surface area contributed by atoms with Crippen LogP contribution in [0.5, 0.6) is 11.8 Å². The molecule has 1 fully saturated rings. The highest BCUT2D eigenvalue weighted by Crippen LogP contribution is 2.40. The van der Waals surface area contributed by atoms with E-state index in [1.165, 1.54) is 11.3 Å². The number of unbranched alkanes of at least 4 members (excludes halogenated alkanes) is 3. The number of anilines is 2. The van der Waals surface area contributed by atoms with Crippen LogP contribution in [0.2, 0.25) is 0 Å². The normalized spacial score (nSPS) is 14.9. The Kier molecular flexibility index (Phi) is 8.59. The van der Waals surface area contributed by atoms with Gasteiger partial charge in [0.2, 0.25) is 0 Å². The van der Waals surface area contributed by atoms with E-state index in [1.54, 1.807) is 25.2 Å². The smallest absolute Gasteiger partial charge is 0.421 e. The minimum atomic E-state index is -4.59. The predicted octanol–water partition coefficient (Wildman–Crippen LogP) is 6.93. The molecule has 0 bridgehead atoms. The number of hydrogen-bond donors (Lipinski definition) is 0. The average molecular weight is 452 g/mol. The summed E-state index contributed by atoms with van der Waals surface area (Å²) in [5.41, 5.74) is -0.387. The fourth-order valence-corrected chi connectivity index (χ4v) is 3.89. The summed E-state index contributed by atoms with van der Waals surface area (Å²) in [5, 5.41) is 0. The van der Waals surface area contributed by atoms with Crippen LogP contribution in [-0.2, 0) is 6.18 Å². The highest BCUT2D eigenvalue weighted by Gasteiger charge is 2.37. The summed E-state index contributed by atoms with van der Waals surface area (Å²) in [6.07, 6.45) is 5.57. The molecule has 3 rings (SSSR count). The van der Waals surface area contributed by atoms with Gasteiger partial charge in [-0.1, -0.05) is 44.7 Å². The summed E-state index contributed by atoms with van der Waals surface area (Å²) in [5.74, 6) is 0.298. The molecule has 0 aliphatic heterocycles. The number of nitrogens with zero attached hydrogens (tertiary/aromatic N) is 3. The lowest BCUT2D eigenvalue weighted by molar-refractivity contribution is -0.137. The zero-order valence-electron chi connectivity index (χ0n) is 18.8. The third-order valence-electron chi connectivity index (χ3n) is 5.67. The van der Waals surface area contributed by atoms with E-state index in [-0.39, 0.29) is 17.9 Å². The maximum absolute atomic E-state index is 13.7. The van der Waals surface area contributed by atoms with Crippen molar-refractivity contribution >= 4 is 11.5 Å². The van der Waals surface area contributed by atoms with Crippen molar-refractivity contribution in [2.24, 2.45) is 0 Å². The Bertz CT molecular complexity index is 855. The number of alkyl halides is 3. The van der Waals surface area contributed by atoms with Crippen LogP contribution in [0.1, 0.15) is 70.3 Å². The van der Waals surface area contributed by atoms with Gasteiger partial charge in [-0.3, -0.25) is 0 Å². The monoisotopic (exact) mass is 451 g/mol. The van der Waals surface area contributed by atoms with Crippen LogP contribution in [0.3, 0.4) is 0 Å². The van der Waals surface area contributed by atoms with Gasteiger partial charge in [-0.15, -0.1) is 0 Å². The standard InChI is InChI=1S/C24H32F3N3O2/c1-3-4-5-11-16-31-23-28-17-19(24(25,26)27)22(29-23)30(2)20-14-9-10-15-21(20)32-18-12-7-6-8-13-18/h9-10,14-15,17-18H,3-8,11-13,16H2,1-2H3. The zero-order chi connectivity index (χ0) is 23.0. The highest BCUT2D eigenvalue weighted by molar-refractivity contribution is 5.68. The van der Waals surface area contributed by atoms with E-state index in [1.807, 2.05) is 6.07 Å². The summed E-state index contributed by atoms with van der Waals surface area (Å²) < 4.78 is 53.0. The molecule has 0 radical (unpaired) electrons. The molecule has 1 aromatic carbocycles. The average Bonchev–Trinajstić information content (AvgIpc) is 2.79. The molecule has 1 aromatic heterocycles. The molecule has 32 heavy (non-hydrogen) atoms. The largest absolute Gasteiger partial charge is 0.488 e. The molecule has 1 aliphatic carbocycles. The van der Waals surface area contributed by atoms with Crippen LogP contribution in [-0.4, -0.2) is 29.7 Å². The maximum Gasteiger partial charge on any atom is 0.421 e. The summed E-state index contributed by atoms with van der Waals surface area (Å²) in [7, 11) is 1.56. The van der Waals surface area contributed by atoms with Gasteiger partial charge in [0.25, 0.3) is 0 Å². The molecular weight excluding hydrogens is 419 g/mol. The molecule has 2 aromatic rings. The fraction of sp³-hybridized carbons (Fsp3) is 0.583. The molecule has 8 heteroatoms. The number of rotatable bonds is 10. The van der Waals surface area contributed by atoms with Crippen LogP contribution in [0, 0.1) is 0 Å². The number of halogens is 3. The van der Waals surface area contributed by atoms with Crippen LogP contribution >= 0.6 is 0 Å². The lowest BCUT2D eigenvalue weighted by atomic mass is 9.98. The molecule has 0 atom stereocenters. The van der Waals surface area contributed by atoms with E-state index in [0.717, 1.165) is 57.6 Å². The van der Waals surface area contributed by atoms with E-state index in [4.69, 9.17) is 9.47 Å². The van der Waals surface area contributed by atoms with Crippen LogP contribution in [0.25, 0.3) is 0 Å². The predicted molar refractivity (Wildman–Crippen MR) is 119 cm³/mol. The Hall–Kier alpha value is -2.51. The van der Waals surface area contributed by atoms with Crippen molar-refractivity contribution in [2.75, 3.05) is 18.6 Å². The van der Waals surface area contributed by atoms with Crippen LogP contribution < -0.4 is 14.4 Å². The topological polar surface area (TPSA) is 47.5 Å². The molecule has 0 spiro atoms. The minimum absolute atomic E-state index is 0.0537. The Morgan fingerprint density at radius 2 is 1.81 bits per heavy atom. The van der Waals surface area contributed by atoms with Crippen molar-refractivity contribution in [1.82, 2.24) is 9.97 Å². The Labute approximate surface area is 188 Å². The Morgan fingerprint density at radius 3 is 2.53 bits per heavy atom. The number of benzene rings is 1. The molecule has 0 N–H and O–H groups in total. The first-order chi connectivity index (χ1) is 15.4. The third kappa shape index (κ3) is 6.50. The van der Waals surface area contributed by atoms with E-state index in [0.29, 0.717) is 18.0 Å². The molecule has 1 heterocycles. The van der Waals surface area contributed by atoms with Gasteiger partial charge in [0.15, 0.2) is 5.82 Å². The molecule has 1 aliphatic rings. The number of aromatic nitrogens is 2. The quantitative estimate of drug-likeness (QED) is 0.366. The van der Waals surface area contributed by atoms with E-state index >= 15 is 0 Å². The summed E-state index contributed by atoms with van der Waals surface area (Å²) in [6.45, 7) is 2.48. The lowest BCUT2D eigenvalue weighted by Gasteiger charge is -2.28. The van der Waals surface area contributed by atoms with E-state index in [9.17, 15) is 13.2 Å². The molecule has 5 nitrogen and oxygen atoms in total. The lowest BCUT2D eigenvalue weighted by Crippen LogP contribution is -2.23. The first-order valence-electron chi connectivity index (χ1n) is 11.5. The van der Waals surface area contributed by atoms with Gasteiger partial charge in [-0.05, 0) is 44.2 Å². The van der Waals surface area contributed by atoms with Gasteiger partial charge in [0.1, 0.15) is 11.3 Å². The van der Waals surface area contributed by atoms with Gasteiger partial charge in [0.05, 0.1) is 18.4 Å². The molecule has 176 valence electrons. The van der Waals surface area contributed by atoms with Crippen molar-refractivity contribution in [3.63, 3.8) is 0 Å². The Morgan fingerprint density at radius 1 is 1.06 bits per heavy atom. The second kappa shape index (κ2) is 11.4. The summed E-state index contributed by atoms with van der Waals surface area (Å²) in [4.78, 5) is 9.35. The van der Waals surface area contributed by atoms with Gasteiger partial charge >= 0.3 is 12.2 Å². The number of ether oxygens (including phenoxy) is 2. The SMILES string of the molecule is CCCCCCOc1ncc(C(F)(F)F)c(N(C)c2ccccc2OC2CCCCC2)n1. The van der Waals surface area contributed by atoms with Crippen molar-refractivity contribution in [2.45, 2.75) is 77.0 Å².